The minimum atomic E-state index is -1.77. The second-order valence-electron chi connectivity index (χ2n) is 8.60. The van der Waals surface area contributed by atoms with Crippen molar-refractivity contribution in [1.82, 2.24) is 0 Å². The van der Waals surface area contributed by atoms with Gasteiger partial charge in [0.15, 0.2) is 11.5 Å². The number of likely N-dealkylation sites (N-methyl/N-ethyl adjacent to an activating group) is 1. The zero-order chi connectivity index (χ0) is 23.9. The molecule has 3 aromatic carbocycles. The molecular formula is C28H17NO6. The molecule has 0 saturated heterocycles. The Morgan fingerprint density at radius 2 is 1.23 bits per heavy atom. The molecule has 0 fully saturated rings. The highest BCUT2D eigenvalue weighted by molar-refractivity contribution is 6.15. The van der Waals surface area contributed by atoms with E-state index >= 15 is 0 Å². The first-order valence-corrected chi connectivity index (χ1v) is 11.3. The molecule has 2 aliphatic heterocycles. The van der Waals surface area contributed by atoms with Crippen LogP contribution in [0.4, 0.5) is 5.69 Å². The quantitative estimate of drug-likeness (QED) is 0.335. The highest BCUT2D eigenvalue weighted by Gasteiger charge is 2.61. The number of rotatable bonds is 1. The second kappa shape index (κ2) is 6.70. The molecule has 4 heterocycles. The summed E-state index contributed by atoms with van der Waals surface area (Å²) in [5.74, 6) is -0.000388. The van der Waals surface area contributed by atoms with Crippen LogP contribution >= 0.6 is 0 Å². The summed E-state index contributed by atoms with van der Waals surface area (Å²) in [7, 11) is 0. The molecule has 1 spiro atoms. The first-order chi connectivity index (χ1) is 17.1. The van der Waals surface area contributed by atoms with E-state index in [1.165, 1.54) is 0 Å². The fraction of sp³-hybridized carbons (Fsp3) is 0.107. The molecule has 2 aliphatic rings. The third kappa shape index (κ3) is 2.27. The Kier molecular flexibility index (Phi) is 3.79. The second-order valence-corrected chi connectivity index (χ2v) is 8.60. The standard InChI is InChI=1S/C28H17NO6/c1-2-29-18-12-6-5-11-17(18)28(27(29)32)21-23(15-9-3-7-13-19(15)33-25(21)30)35-24-16-10-4-8-14-20(16)34-26(31)22(24)28/h3-14H,2H2,1H3. The van der Waals surface area contributed by atoms with Crippen LogP contribution < -0.4 is 20.9 Å². The van der Waals surface area contributed by atoms with Crippen LogP contribution in [0.1, 0.15) is 23.6 Å². The van der Waals surface area contributed by atoms with E-state index in [1.54, 1.807) is 65.6 Å². The van der Waals surface area contributed by atoms with Crippen LogP contribution in [0.3, 0.4) is 0 Å². The van der Waals surface area contributed by atoms with E-state index in [4.69, 9.17) is 13.6 Å². The molecule has 0 unspecified atom stereocenters. The number of para-hydroxylation sites is 3. The van der Waals surface area contributed by atoms with Gasteiger partial charge >= 0.3 is 11.3 Å². The lowest BCUT2D eigenvalue weighted by Gasteiger charge is -2.34. The molecule has 5 aromatic rings. The molecular weight excluding hydrogens is 446 g/mol. The van der Waals surface area contributed by atoms with Crippen molar-refractivity contribution in [3.63, 3.8) is 0 Å². The molecule has 1 amide bonds. The predicted octanol–water partition coefficient (Wildman–Crippen LogP) is 4.71. The molecule has 170 valence electrons. The monoisotopic (exact) mass is 463 g/mol. The zero-order valence-corrected chi connectivity index (χ0v) is 18.5. The Bertz CT molecular complexity index is 1750. The predicted molar refractivity (Wildman–Crippen MR) is 129 cm³/mol. The van der Waals surface area contributed by atoms with Gasteiger partial charge in [-0.15, -0.1) is 0 Å². The molecule has 0 radical (unpaired) electrons. The number of anilines is 1. The molecule has 0 N–H and O–H groups in total. The fourth-order valence-corrected chi connectivity index (χ4v) is 5.58. The van der Waals surface area contributed by atoms with Crippen molar-refractivity contribution in [3.8, 4) is 11.5 Å². The van der Waals surface area contributed by atoms with Crippen molar-refractivity contribution >= 4 is 33.5 Å². The molecule has 0 atom stereocenters. The van der Waals surface area contributed by atoms with Crippen LogP contribution in [0.2, 0.25) is 0 Å². The Morgan fingerprint density at radius 1 is 0.714 bits per heavy atom. The van der Waals surface area contributed by atoms with Gasteiger partial charge < -0.3 is 18.5 Å². The van der Waals surface area contributed by atoms with Crippen LogP contribution in [0.25, 0.3) is 21.9 Å². The van der Waals surface area contributed by atoms with Crippen LogP contribution in [0.5, 0.6) is 11.5 Å². The summed E-state index contributed by atoms with van der Waals surface area (Å²) in [6.07, 6.45) is 0. The number of fused-ring (bicyclic) bond motifs is 10. The number of amides is 1. The lowest BCUT2D eigenvalue weighted by Crippen LogP contribution is -2.49. The van der Waals surface area contributed by atoms with Crippen molar-refractivity contribution in [1.29, 1.82) is 0 Å². The number of hydrogen-bond donors (Lipinski definition) is 0. The van der Waals surface area contributed by atoms with E-state index in [9.17, 15) is 14.4 Å². The zero-order valence-electron chi connectivity index (χ0n) is 18.5. The maximum atomic E-state index is 14.4. The lowest BCUT2D eigenvalue weighted by atomic mass is 9.69. The van der Waals surface area contributed by atoms with Crippen molar-refractivity contribution in [2.75, 3.05) is 11.4 Å². The number of ether oxygens (including phenoxy) is 1. The Hall–Kier alpha value is -4.65. The fourth-order valence-electron chi connectivity index (χ4n) is 5.58. The van der Waals surface area contributed by atoms with Crippen molar-refractivity contribution in [2.24, 2.45) is 0 Å². The average Bonchev–Trinajstić information content (AvgIpc) is 3.11. The third-order valence-electron chi connectivity index (χ3n) is 6.97. The Morgan fingerprint density at radius 3 is 1.80 bits per heavy atom. The minimum absolute atomic E-state index is 0.0142. The van der Waals surface area contributed by atoms with Crippen molar-refractivity contribution < 1.29 is 18.4 Å². The van der Waals surface area contributed by atoms with Crippen LogP contribution in [0.15, 0.2) is 91.2 Å². The highest BCUT2D eigenvalue weighted by Crippen LogP contribution is 2.58. The average molecular weight is 463 g/mol. The van der Waals surface area contributed by atoms with E-state index in [1.807, 2.05) is 19.1 Å². The van der Waals surface area contributed by atoms with Crippen LogP contribution in [-0.2, 0) is 10.2 Å². The molecule has 2 aromatic heterocycles. The summed E-state index contributed by atoms with van der Waals surface area (Å²) >= 11 is 0. The van der Waals surface area contributed by atoms with E-state index in [2.05, 4.69) is 0 Å². The summed E-state index contributed by atoms with van der Waals surface area (Å²) < 4.78 is 17.8. The molecule has 0 bridgehead atoms. The first kappa shape index (κ1) is 19.8. The van der Waals surface area contributed by atoms with Crippen LogP contribution in [0, 0.1) is 0 Å². The number of nitrogens with zero attached hydrogens (tertiary/aromatic N) is 1. The number of hydrogen-bond acceptors (Lipinski definition) is 6. The molecule has 7 nitrogen and oxygen atoms in total. The summed E-state index contributed by atoms with van der Waals surface area (Å²) in [5, 5.41) is 1.06. The number of benzene rings is 3. The number of carbonyl (C=O) groups excluding carboxylic acids is 1. The molecule has 7 heteroatoms. The van der Waals surface area contributed by atoms with Gasteiger partial charge in [-0.2, -0.15) is 0 Å². The SMILES string of the molecule is CCN1C(=O)C2(c3ccccc31)c1c(c3ccccc3oc1=O)Oc1c2c(=O)oc2ccccc12. The van der Waals surface area contributed by atoms with Gasteiger partial charge in [0.1, 0.15) is 27.7 Å². The number of carbonyl (C=O) groups is 1. The molecule has 0 saturated carbocycles. The van der Waals surface area contributed by atoms with Gasteiger partial charge in [-0.1, -0.05) is 42.5 Å². The third-order valence-corrected chi connectivity index (χ3v) is 6.97. The van der Waals surface area contributed by atoms with Gasteiger partial charge in [0, 0.05) is 17.8 Å². The Balaban J connectivity index is 1.77. The minimum Gasteiger partial charge on any atom is -0.455 e. The molecule has 0 aliphatic carbocycles. The topological polar surface area (TPSA) is 90.0 Å². The van der Waals surface area contributed by atoms with Gasteiger partial charge in [-0.05, 0) is 37.3 Å². The maximum absolute atomic E-state index is 14.4. The molecule has 35 heavy (non-hydrogen) atoms. The van der Waals surface area contributed by atoms with Crippen molar-refractivity contribution in [2.45, 2.75) is 12.3 Å². The van der Waals surface area contributed by atoms with E-state index < -0.39 is 22.6 Å². The Labute approximate surface area is 197 Å². The van der Waals surface area contributed by atoms with Gasteiger partial charge in [0.2, 0.25) is 5.91 Å². The summed E-state index contributed by atoms with van der Waals surface area (Å²) in [6, 6.07) is 21.2. The van der Waals surface area contributed by atoms with Gasteiger partial charge in [-0.3, -0.25) is 4.79 Å². The summed E-state index contributed by atoms with van der Waals surface area (Å²) in [4.78, 5) is 43.2. The van der Waals surface area contributed by atoms with Crippen LogP contribution in [-0.4, -0.2) is 12.5 Å². The van der Waals surface area contributed by atoms with E-state index in [0.29, 0.717) is 39.7 Å². The molecule has 7 rings (SSSR count). The summed E-state index contributed by atoms with van der Waals surface area (Å²) in [5.41, 5.74) is -1.48. The van der Waals surface area contributed by atoms with E-state index in [-0.39, 0.29) is 22.6 Å². The smallest absolute Gasteiger partial charge is 0.345 e. The van der Waals surface area contributed by atoms with Gasteiger partial charge in [0.05, 0.1) is 10.8 Å². The highest BCUT2D eigenvalue weighted by atomic mass is 16.5. The largest absolute Gasteiger partial charge is 0.455 e. The van der Waals surface area contributed by atoms with Crippen molar-refractivity contribution in [3.05, 3.63) is 110 Å². The maximum Gasteiger partial charge on any atom is 0.345 e. The normalized spacial score (nSPS) is 15.2. The van der Waals surface area contributed by atoms with Gasteiger partial charge in [0.25, 0.3) is 0 Å². The summed E-state index contributed by atoms with van der Waals surface area (Å²) in [6.45, 7) is 2.20. The van der Waals surface area contributed by atoms with Gasteiger partial charge in [-0.25, -0.2) is 9.59 Å². The van der Waals surface area contributed by atoms with E-state index in [0.717, 1.165) is 0 Å². The lowest BCUT2D eigenvalue weighted by molar-refractivity contribution is -0.121. The first-order valence-electron chi connectivity index (χ1n) is 11.3.